The molecule has 0 aromatic rings. The van der Waals surface area contributed by atoms with Crippen LogP contribution in [0.3, 0.4) is 0 Å². The number of aliphatic hydroxyl groups excluding tert-OH is 1. The average molecular weight is 269 g/mol. The number of nitrogens with zero attached hydrogens (tertiary/aromatic N) is 2. The van der Waals surface area contributed by atoms with Gasteiger partial charge < -0.3 is 20.9 Å². The first-order valence-corrected chi connectivity index (χ1v) is 7.32. The van der Waals surface area contributed by atoms with Crippen LogP contribution >= 0.6 is 0 Å². The zero-order valence-corrected chi connectivity index (χ0v) is 12.0. The van der Waals surface area contributed by atoms with Gasteiger partial charge in [-0.05, 0) is 38.1 Å². The van der Waals surface area contributed by atoms with E-state index in [1.165, 1.54) is 6.42 Å². The Bertz CT molecular complexity index is 344. The predicted molar refractivity (Wildman–Crippen MR) is 75.1 cm³/mol. The third-order valence-electron chi connectivity index (χ3n) is 4.97. The zero-order chi connectivity index (χ0) is 14.0. The molecule has 1 heterocycles. The van der Waals surface area contributed by atoms with E-state index in [0.717, 1.165) is 38.9 Å². The third kappa shape index (κ3) is 3.20. The van der Waals surface area contributed by atoms with Crippen LogP contribution in [-0.2, 0) is 0 Å². The summed E-state index contributed by atoms with van der Waals surface area (Å²) in [6, 6.07) is 0. The maximum atomic E-state index is 9.89. The van der Waals surface area contributed by atoms with E-state index in [4.69, 9.17) is 10.9 Å². The van der Waals surface area contributed by atoms with Crippen LogP contribution in [0.25, 0.3) is 0 Å². The standard InChI is InChI=1S/C14H27N3O2/c1-14(2,13(15)16-19)6-3-7-17-8-10-4-5-12(18)11(10)9-17/h10-12,18-19H,3-9H2,1-2H3,(H2,15,16). The lowest BCUT2D eigenvalue weighted by Crippen LogP contribution is -2.33. The smallest absolute Gasteiger partial charge is 0.144 e. The van der Waals surface area contributed by atoms with Crippen molar-refractivity contribution in [3.63, 3.8) is 0 Å². The Labute approximate surface area is 115 Å². The van der Waals surface area contributed by atoms with E-state index in [-0.39, 0.29) is 11.5 Å². The number of aliphatic hydroxyl groups is 1. The molecular formula is C14H27N3O2. The Hall–Kier alpha value is -0.810. The van der Waals surface area contributed by atoms with E-state index in [1.54, 1.807) is 0 Å². The molecule has 2 fully saturated rings. The van der Waals surface area contributed by atoms with Gasteiger partial charge in [0.1, 0.15) is 5.84 Å². The molecule has 5 heteroatoms. The van der Waals surface area contributed by atoms with Crippen molar-refractivity contribution in [3.05, 3.63) is 0 Å². The minimum atomic E-state index is -0.246. The van der Waals surface area contributed by atoms with Crippen molar-refractivity contribution in [2.75, 3.05) is 19.6 Å². The minimum absolute atomic E-state index is 0.0800. The highest BCUT2D eigenvalue weighted by molar-refractivity contribution is 5.85. The predicted octanol–water partition coefficient (Wildman–Crippen LogP) is 1.24. The Morgan fingerprint density at radius 2 is 2.11 bits per heavy atom. The summed E-state index contributed by atoms with van der Waals surface area (Å²) in [6.45, 7) is 7.22. The second-order valence-corrected chi connectivity index (χ2v) is 6.80. The highest BCUT2D eigenvalue weighted by Crippen LogP contribution is 2.38. The summed E-state index contributed by atoms with van der Waals surface area (Å²) in [5.41, 5.74) is 5.45. The Morgan fingerprint density at radius 1 is 1.37 bits per heavy atom. The molecule has 4 N–H and O–H groups in total. The summed E-state index contributed by atoms with van der Waals surface area (Å²) in [4.78, 5) is 2.46. The number of hydrogen-bond acceptors (Lipinski definition) is 4. The molecule has 1 aliphatic heterocycles. The molecular weight excluding hydrogens is 242 g/mol. The molecule has 19 heavy (non-hydrogen) atoms. The summed E-state index contributed by atoms with van der Waals surface area (Å²) in [7, 11) is 0. The lowest BCUT2D eigenvalue weighted by molar-refractivity contribution is 0.124. The number of nitrogens with two attached hydrogens (primary N) is 1. The number of likely N-dealkylation sites (tertiary alicyclic amines) is 1. The van der Waals surface area contributed by atoms with Crippen molar-refractivity contribution >= 4 is 5.84 Å². The molecule has 1 saturated heterocycles. The molecule has 2 aliphatic rings. The van der Waals surface area contributed by atoms with Gasteiger partial charge >= 0.3 is 0 Å². The Morgan fingerprint density at radius 3 is 2.74 bits per heavy atom. The molecule has 3 atom stereocenters. The first-order chi connectivity index (χ1) is 8.94. The van der Waals surface area contributed by atoms with Gasteiger partial charge in [-0.2, -0.15) is 0 Å². The first-order valence-electron chi connectivity index (χ1n) is 7.32. The Kier molecular flexibility index (Phi) is 4.36. The largest absolute Gasteiger partial charge is 0.409 e. The van der Waals surface area contributed by atoms with Gasteiger partial charge in [0.2, 0.25) is 0 Å². The normalized spacial score (nSPS) is 32.8. The van der Waals surface area contributed by atoms with Gasteiger partial charge in [-0.3, -0.25) is 0 Å². The van der Waals surface area contributed by atoms with Gasteiger partial charge in [0.15, 0.2) is 0 Å². The third-order valence-corrected chi connectivity index (χ3v) is 4.97. The molecule has 5 nitrogen and oxygen atoms in total. The molecule has 0 bridgehead atoms. The fraction of sp³-hybridized carbons (Fsp3) is 0.929. The van der Waals surface area contributed by atoms with E-state index in [9.17, 15) is 5.11 Å². The maximum Gasteiger partial charge on any atom is 0.144 e. The second-order valence-electron chi connectivity index (χ2n) is 6.80. The summed E-state index contributed by atoms with van der Waals surface area (Å²) in [5, 5.41) is 21.7. The number of hydrogen-bond donors (Lipinski definition) is 3. The van der Waals surface area contributed by atoms with Gasteiger partial charge in [-0.25, -0.2) is 0 Å². The van der Waals surface area contributed by atoms with Crippen molar-refractivity contribution in [2.24, 2.45) is 28.1 Å². The van der Waals surface area contributed by atoms with E-state index >= 15 is 0 Å². The van der Waals surface area contributed by atoms with Crippen LogP contribution in [0.5, 0.6) is 0 Å². The number of oxime groups is 1. The molecule has 3 unspecified atom stereocenters. The molecule has 0 amide bonds. The first kappa shape index (κ1) is 14.6. The van der Waals surface area contributed by atoms with Gasteiger partial charge in [-0.15, -0.1) is 0 Å². The van der Waals surface area contributed by atoms with E-state index in [0.29, 0.717) is 17.7 Å². The van der Waals surface area contributed by atoms with Crippen LogP contribution in [-0.4, -0.2) is 46.8 Å². The van der Waals surface area contributed by atoms with E-state index in [2.05, 4.69) is 10.1 Å². The molecule has 1 aliphatic carbocycles. The summed E-state index contributed by atoms with van der Waals surface area (Å²) < 4.78 is 0. The quantitative estimate of drug-likeness (QED) is 0.303. The highest BCUT2D eigenvalue weighted by atomic mass is 16.4. The molecule has 2 rings (SSSR count). The second kappa shape index (κ2) is 5.67. The van der Waals surface area contributed by atoms with Gasteiger partial charge in [0.25, 0.3) is 0 Å². The van der Waals surface area contributed by atoms with Crippen LogP contribution in [0.1, 0.15) is 39.5 Å². The van der Waals surface area contributed by atoms with Crippen molar-refractivity contribution in [1.82, 2.24) is 4.90 Å². The van der Waals surface area contributed by atoms with Gasteiger partial charge in [0, 0.05) is 24.4 Å². The van der Waals surface area contributed by atoms with Crippen LogP contribution < -0.4 is 5.73 Å². The molecule has 0 spiro atoms. The summed E-state index contributed by atoms with van der Waals surface area (Å²) in [5.74, 6) is 1.50. The number of fused-ring (bicyclic) bond motifs is 1. The average Bonchev–Trinajstić information content (AvgIpc) is 2.90. The number of amidine groups is 1. The molecule has 1 saturated carbocycles. The van der Waals surface area contributed by atoms with Gasteiger partial charge in [-0.1, -0.05) is 19.0 Å². The van der Waals surface area contributed by atoms with Crippen LogP contribution in [0.15, 0.2) is 5.16 Å². The van der Waals surface area contributed by atoms with Crippen molar-refractivity contribution < 1.29 is 10.3 Å². The molecule has 0 aromatic carbocycles. The monoisotopic (exact) mass is 269 g/mol. The SMILES string of the molecule is CC(C)(CCCN1CC2CCC(O)C2C1)C(N)=NO. The van der Waals surface area contributed by atoms with E-state index < -0.39 is 0 Å². The van der Waals surface area contributed by atoms with Crippen LogP contribution in [0.2, 0.25) is 0 Å². The lowest BCUT2D eigenvalue weighted by atomic mass is 9.86. The molecule has 0 aromatic heterocycles. The fourth-order valence-corrected chi connectivity index (χ4v) is 3.52. The molecule has 110 valence electrons. The fourth-order valence-electron chi connectivity index (χ4n) is 3.52. The number of rotatable bonds is 5. The van der Waals surface area contributed by atoms with Crippen LogP contribution in [0, 0.1) is 17.3 Å². The van der Waals surface area contributed by atoms with E-state index in [1.807, 2.05) is 13.8 Å². The van der Waals surface area contributed by atoms with Crippen molar-refractivity contribution in [3.8, 4) is 0 Å². The van der Waals surface area contributed by atoms with Crippen molar-refractivity contribution in [1.29, 1.82) is 0 Å². The zero-order valence-electron chi connectivity index (χ0n) is 12.0. The Balaban J connectivity index is 1.73. The van der Waals surface area contributed by atoms with Crippen molar-refractivity contribution in [2.45, 2.75) is 45.6 Å². The summed E-state index contributed by atoms with van der Waals surface area (Å²) >= 11 is 0. The summed E-state index contributed by atoms with van der Waals surface area (Å²) in [6.07, 6.45) is 4.04. The topological polar surface area (TPSA) is 82.1 Å². The maximum absolute atomic E-state index is 9.89. The van der Waals surface area contributed by atoms with Gasteiger partial charge in [0.05, 0.1) is 6.10 Å². The minimum Gasteiger partial charge on any atom is -0.409 e. The van der Waals surface area contributed by atoms with Crippen LogP contribution in [0.4, 0.5) is 0 Å². The lowest BCUT2D eigenvalue weighted by Gasteiger charge is -2.24. The molecule has 0 radical (unpaired) electrons. The highest BCUT2D eigenvalue weighted by Gasteiger charge is 2.41.